The molecule has 2 fully saturated rings. The van der Waals surface area contributed by atoms with Crippen molar-refractivity contribution in [3.8, 4) is 11.5 Å². The predicted molar refractivity (Wildman–Crippen MR) is 99.5 cm³/mol. The number of piperidine rings is 1. The van der Waals surface area contributed by atoms with Crippen molar-refractivity contribution in [1.82, 2.24) is 4.90 Å². The van der Waals surface area contributed by atoms with E-state index in [0.29, 0.717) is 25.2 Å². The van der Waals surface area contributed by atoms with Crippen molar-refractivity contribution in [1.29, 1.82) is 0 Å². The summed E-state index contributed by atoms with van der Waals surface area (Å²) in [5.41, 5.74) is 1.84. The lowest BCUT2D eigenvalue weighted by molar-refractivity contribution is -0.188. The maximum Gasteiger partial charge on any atom is 0.169 e. The number of benzene rings is 1. The lowest BCUT2D eigenvalue weighted by Gasteiger charge is -2.57. The Balaban J connectivity index is 1.85. The van der Waals surface area contributed by atoms with E-state index in [4.69, 9.17) is 9.47 Å². The summed E-state index contributed by atoms with van der Waals surface area (Å²) < 4.78 is 12.3. The van der Waals surface area contributed by atoms with E-state index in [9.17, 15) is 10.2 Å². The molecule has 5 heteroatoms. The fourth-order valence-electron chi connectivity index (χ4n) is 5.81. The Morgan fingerprint density at radius 1 is 1.23 bits per heavy atom. The van der Waals surface area contributed by atoms with Gasteiger partial charge in [-0.05, 0) is 44.0 Å². The standard InChI is InChI=1S/C21H31NO4/c1-4-7-21(25-10-11-26-21)13-20-8-9-22(3)16(14(20)2)12-15-5-6-17(23)19(24)18(15)20/h5-6,14,16,23-24H,4,7-13H2,1-3H3/t14?,16-,20+/m1/s1. The first-order chi connectivity index (χ1) is 12.4. The number of phenols is 2. The minimum absolute atomic E-state index is 0.0227. The smallest absolute Gasteiger partial charge is 0.169 e. The minimum atomic E-state index is -0.573. The summed E-state index contributed by atoms with van der Waals surface area (Å²) in [5.74, 6) is -0.189. The van der Waals surface area contributed by atoms with E-state index in [1.165, 1.54) is 0 Å². The first-order valence-electron chi connectivity index (χ1n) is 9.95. The number of nitrogens with zero attached hydrogens (tertiary/aromatic N) is 1. The molecule has 2 N–H and O–H groups in total. The fraction of sp³-hybridized carbons (Fsp3) is 0.714. The van der Waals surface area contributed by atoms with E-state index >= 15 is 0 Å². The normalized spacial score (nSPS) is 33.2. The molecule has 144 valence electrons. The van der Waals surface area contributed by atoms with E-state index in [1.807, 2.05) is 6.07 Å². The molecule has 1 aromatic rings. The number of aromatic hydroxyl groups is 2. The largest absolute Gasteiger partial charge is 0.504 e. The average Bonchev–Trinajstić information content (AvgIpc) is 3.05. The van der Waals surface area contributed by atoms with Gasteiger partial charge in [0.25, 0.3) is 0 Å². The molecule has 2 saturated heterocycles. The van der Waals surface area contributed by atoms with Crippen LogP contribution in [0.15, 0.2) is 12.1 Å². The van der Waals surface area contributed by atoms with Gasteiger partial charge in [0.15, 0.2) is 17.3 Å². The first-order valence-corrected chi connectivity index (χ1v) is 9.95. The molecular formula is C21H31NO4. The number of fused-ring (bicyclic) bond motifs is 4. The number of hydrogen-bond acceptors (Lipinski definition) is 5. The summed E-state index contributed by atoms with van der Waals surface area (Å²) in [5, 5.41) is 21.1. The van der Waals surface area contributed by atoms with Gasteiger partial charge in [-0.1, -0.05) is 26.3 Å². The number of likely N-dealkylation sites (tertiary alicyclic amines) is 1. The summed E-state index contributed by atoms with van der Waals surface area (Å²) in [6, 6.07) is 4.04. The minimum Gasteiger partial charge on any atom is -0.504 e. The van der Waals surface area contributed by atoms with Gasteiger partial charge in [-0.15, -0.1) is 0 Å². The van der Waals surface area contributed by atoms with E-state index in [-0.39, 0.29) is 16.9 Å². The molecule has 2 heterocycles. The maximum absolute atomic E-state index is 10.8. The van der Waals surface area contributed by atoms with Gasteiger partial charge in [-0.25, -0.2) is 0 Å². The predicted octanol–water partition coefficient (Wildman–Crippen LogP) is 3.17. The van der Waals surface area contributed by atoms with Gasteiger partial charge < -0.3 is 24.6 Å². The van der Waals surface area contributed by atoms with Crippen LogP contribution in [0.25, 0.3) is 0 Å². The summed E-state index contributed by atoms with van der Waals surface area (Å²) >= 11 is 0. The van der Waals surface area contributed by atoms with Crippen molar-refractivity contribution < 1.29 is 19.7 Å². The fourth-order valence-corrected chi connectivity index (χ4v) is 5.81. The number of ether oxygens (including phenoxy) is 2. The Kier molecular flexibility index (Phi) is 4.45. The van der Waals surface area contributed by atoms with Gasteiger partial charge in [0.05, 0.1) is 13.2 Å². The SMILES string of the molecule is CCCC1(C[C@]23CCN(C)[C@H](Cc4ccc(O)c(O)c42)C3C)OCCO1. The van der Waals surface area contributed by atoms with Gasteiger partial charge in [0.2, 0.25) is 0 Å². The first kappa shape index (κ1) is 18.1. The molecule has 5 nitrogen and oxygen atoms in total. The van der Waals surface area contributed by atoms with Gasteiger partial charge >= 0.3 is 0 Å². The Morgan fingerprint density at radius 2 is 1.96 bits per heavy atom. The van der Waals surface area contributed by atoms with E-state index in [1.54, 1.807) is 6.07 Å². The van der Waals surface area contributed by atoms with Crippen LogP contribution < -0.4 is 0 Å². The second kappa shape index (κ2) is 6.39. The zero-order chi connectivity index (χ0) is 18.5. The van der Waals surface area contributed by atoms with Crippen LogP contribution in [0, 0.1) is 5.92 Å². The van der Waals surface area contributed by atoms with Crippen LogP contribution in [0.1, 0.15) is 50.7 Å². The number of phenolic OH excluding ortho intramolecular Hbond substituents is 2. The van der Waals surface area contributed by atoms with Crippen LogP contribution >= 0.6 is 0 Å². The molecule has 2 aliphatic heterocycles. The highest BCUT2D eigenvalue weighted by Crippen LogP contribution is 2.57. The Hall–Kier alpha value is -1.30. The molecule has 3 aliphatic rings. The molecular weight excluding hydrogens is 330 g/mol. The molecule has 0 saturated carbocycles. The molecule has 1 aromatic carbocycles. The highest BCUT2D eigenvalue weighted by atomic mass is 16.7. The molecule has 0 radical (unpaired) electrons. The second-order valence-electron chi connectivity index (χ2n) is 8.45. The Labute approximate surface area is 155 Å². The van der Waals surface area contributed by atoms with Crippen LogP contribution in [0.5, 0.6) is 11.5 Å². The van der Waals surface area contributed by atoms with Crippen molar-refractivity contribution in [3.05, 3.63) is 23.3 Å². The molecule has 1 aliphatic carbocycles. The van der Waals surface area contributed by atoms with Gasteiger partial charge in [-0.2, -0.15) is 0 Å². The van der Waals surface area contributed by atoms with E-state index in [0.717, 1.165) is 49.8 Å². The second-order valence-corrected chi connectivity index (χ2v) is 8.45. The summed E-state index contributed by atoms with van der Waals surface area (Å²) in [6.07, 6.45) is 4.43. The van der Waals surface area contributed by atoms with Crippen LogP contribution in [0.4, 0.5) is 0 Å². The molecule has 0 amide bonds. The molecule has 2 bridgehead atoms. The highest BCUT2D eigenvalue weighted by molar-refractivity contribution is 5.55. The molecule has 4 rings (SSSR count). The summed E-state index contributed by atoms with van der Waals surface area (Å²) in [7, 11) is 2.20. The molecule has 0 spiro atoms. The van der Waals surface area contributed by atoms with Crippen molar-refractivity contribution in [2.24, 2.45) is 5.92 Å². The Bertz CT molecular complexity index is 685. The Morgan fingerprint density at radius 3 is 2.65 bits per heavy atom. The molecule has 0 aromatic heterocycles. The van der Waals surface area contributed by atoms with Crippen molar-refractivity contribution >= 4 is 0 Å². The van der Waals surface area contributed by atoms with Crippen LogP contribution in [0.2, 0.25) is 0 Å². The third-order valence-corrected chi connectivity index (χ3v) is 7.12. The van der Waals surface area contributed by atoms with Crippen LogP contribution in [-0.4, -0.2) is 53.7 Å². The number of hydrogen-bond donors (Lipinski definition) is 2. The number of rotatable bonds is 4. The summed E-state index contributed by atoms with van der Waals surface area (Å²) in [6.45, 7) is 6.69. The highest BCUT2D eigenvalue weighted by Gasteiger charge is 2.56. The molecule has 1 unspecified atom stereocenters. The zero-order valence-electron chi connectivity index (χ0n) is 16.1. The summed E-state index contributed by atoms with van der Waals surface area (Å²) in [4.78, 5) is 2.44. The zero-order valence-corrected chi connectivity index (χ0v) is 16.1. The van der Waals surface area contributed by atoms with Crippen LogP contribution in [0.3, 0.4) is 0 Å². The average molecular weight is 361 g/mol. The number of likely N-dealkylation sites (N-methyl/N-ethyl adjacent to an activating group) is 1. The van der Waals surface area contributed by atoms with Crippen molar-refractivity contribution in [2.45, 2.75) is 63.2 Å². The van der Waals surface area contributed by atoms with Gasteiger partial charge in [0, 0.05) is 29.9 Å². The van der Waals surface area contributed by atoms with Crippen molar-refractivity contribution in [3.63, 3.8) is 0 Å². The topological polar surface area (TPSA) is 62.2 Å². The van der Waals surface area contributed by atoms with Gasteiger partial charge in [-0.3, -0.25) is 0 Å². The van der Waals surface area contributed by atoms with E-state index < -0.39 is 5.79 Å². The van der Waals surface area contributed by atoms with E-state index in [2.05, 4.69) is 25.8 Å². The lowest BCUT2D eigenvalue weighted by atomic mass is 9.55. The third kappa shape index (κ3) is 2.55. The monoisotopic (exact) mass is 361 g/mol. The lowest BCUT2D eigenvalue weighted by Crippen LogP contribution is -2.60. The maximum atomic E-state index is 10.8. The van der Waals surface area contributed by atoms with Crippen LogP contribution in [-0.2, 0) is 21.3 Å². The van der Waals surface area contributed by atoms with Crippen molar-refractivity contribution in [2.75, 3.05) is 26.8 Å². The quantitative estimate of drug-likeness (QED) is 0.807. The third-order valence-electron chi connectivity index (χ3n) is 7.12. The molecule has 26 heavy (non-hydrogen) atoms. The molecule has 3 atom stereocenters. The van der Waals surface area contributed by atoms with Gasteiger partial charge in [0.1, 0.15) is 0 Å².